The molecule has 0 aliphatic carbocycles. The zero-order chi connectivity index (χ0) is 13.7. The number of sulfonamides is 1. The first-order chi connectivity index (χ1) is 9.14. The highest BCUT2D eigenvalue weighted by molar-refractivity contribution is 7.91. The molecule has 0 unspecified atom stereocenters. The quantitative estimate of drug-likeness (QED) is 0.821. The molecule has 1 saturated heterocycles. The lowest BCUT2D eigenvalue weighted by atomic mass is 10.2. The number of nitrogens with one attached hydrogen (secondary N) is 1. The van der Waals surface area contributed by atoms with E-state index in [1.807, 2.05) is 6.07 Å². The second kappa shape index (κ2) is 6.83. The Morgan fingerprint density at radius 1 is 1.26 bits per heavy atom. The Morgan fingerprint density at radius 3 is 2.68 bits per heavy atom. The Morgan fingerprint density at radius 2 is 2.00 bits per heavy atom. The fourth-order valence-electron chi connectivity index (χ4n) is 2.21. The van der Waals surface area contributed by atoms with Gasteiger partial charge in [-0.3, -0.25) is 0 Å². The lowest BCUT2D eigenvalue weighted by Crippen LogP contribution is -2.35. The molecule has 1 fully saturated rings. The van der Waals surface area contributed by atoms with Gasteiger partial charge in [-0.1, -0.05) is 13.3 Å². The first kappa shape index (κ1) is 15.0. The van der Waals surface area contributed by atoms with Gasteiger partial charge in [0.25, 0.3) is 10.0 Å². The third-order valence-corrected chi connectivity index (χ3v) is 6.72. The van der Waals surface area contributed by atoms with E-state index in [9.17, 15) is 8.42 Å². The SMILES string of the molecule is CCCNCc1ccc(S(=O)(=O)N2CCCCC2)s1. The minimum Gasteiger partial charge on any atom is -0.312 e. The molecule has 0 radical (unpaired) electrons. The maximum absolute atomic E-state index is 12.4. The van der Waals surface area contributed by atoms with Gasteiger partial charge >= 0.3 is 0 Å². The molecule has 1 aliphatic rings. The Bertz CT molecular complexity index is 490. The van der Waals surface area contributed by atoms with Crippen LogP contribution in [0.2, 0.25) is 0 Å². The van der Waals surface area contributed by atoms with Gasteiger partial charge in [-0.25, -0.2) is 8.42 Å². The van der Waals surface area contributed by atoms with Crippen molar-refractivity contribution in [2.24, 2.45) is 0 Å². The summed E-state index contributed by atoms with van der Waals surface area (Å²) in [5, 5.41) is 3.30. The number of hydrogen-bond acceptors (Lipinski definition) is 4. The summed E-state index contributed by atoms with van der Waals surface area (Å²) in [7, 11) is -3.25. The zero-order valence-corrected chi connectivity index (χ0v) is 13.0. The highest BCUT2D eigenvalue weighted by Gasteiger charge is 2.27. The molecule has 1 aromatic rings. The summed E-state index contributed by atoms with van der Waals surface area (Å²) < 4.78 is 27.0. The number of thiophene rings is 1. The van der Waals surface area contributed by atoms with E-state index in [-0.39, 0.29) is 0 Å². The molecule has 2 heterocycles. The third-order valence-electron chi connectivity index (χ3n) is 3.27. The van der Waals surface area contributed by atoms with E-state index in [4.69, 9.17) is 0 Å². The van der Waals surface area contributed by atoms with Gasteiger partial charge in [0.15, 0.2) is 0 Å². The Hall–Kier alpha value is -0.430. The predicted octanol–water partition coefficient (Wildman–Crippen LogP) is 2.42. The molecular weight excluding hydrogens is 280 g/mol. The van der Waals surface area contributed by atoms with Gasteiger partial charge in [-0.2, -0.15) is 4.31 Å². The van der Waals surface area contributed by atoms with Crippen molar-refractivity contribution in [2.75, 3.05) is 19.6 Å². The van der Waals surface area contributed by atoms with Crippen molar-refractivity contribution in [3.05, 3.63) is 17.0 Å². The molecule has 0 atom stereocenters. The average molecular weight is 302 g/mol. The average Bonchev–Trinajstić information content (AvgIpc) is 2.90. The van der Waals surface area contributed by atoms with Crippen molar-refractivity contribution in [1.82, 2.24) is 9.62 Å². The monoisotopic (exact) mass is 302 g/mol. The zero-order valence-electron chi connectivity index (χ0n) is 11.4. The smallest absolute Gasteiger partial charge is 0.252 e. The van der Waals surface area contributed by atoms with Crippen molar-refractivity contribution in [3.8, 4) is 0 Å². The summed E-state index contributed by atoms with van der Waals surface area (Å²) in [6.07, 6.45) is 4.19. The molecule has 1 aromatic heterocycles. The number of hydrogen-bond donors (Lipinski definition) is 1. The minimum absolute atomic E-state index is 0.489. The lowest BCUT2D eigenvalue weighted by molar-refractivity contribution is 0.347. The predicted molar refractivity (Wildman–Crippen MR) is 78.9 cm³/mol. The fraction of sp³-hybridized carbons (Fsp3) is 0.692. The Labute approximate surface area is 119 Å². The van der Waals surface area contributed by atoms with E-state index >= 15 is 0 Å². The van der Waals surface area contributed by atoms with E-state index in [1.54, 1.807) is 10.4 Å². The molecule has 0 bridgehead atoms. The standard InChI is InChI=1S/C13H22N2O2S2/c1-2-8-14-11-12-6-7-13(18-12)19(16,17)15-9-4-3-5-10-15/h6-7,14H,2-5,8-11H2,1H3. The van der Waals surface area contributed by atoms with Gasteiger partial charge in [0, 0.05) is 24.5 Å². The van der Waals surface area contributed by atoms with Gasteiger partial charge in [0.1, 0.15) is 4.21 Å². The van der Waals surface area contributed by atoms with Crippen molar-refractivity contribution in [1.29, 1.82) is 0 Å². The summed E-state index contributed by atoms with van der Waals surface area (Å²) >= 11 is 1.39. The van der Waals surface area contributed by atoms with E-state index in [2.05, 4.69) is 12.2 Å². The molecule has 1 aliphatic heterocycles. The summed E-state index contributed by atoms with van der Waals surface area (Å²) in [5.41, 5.74) is 0. The first-order valence-corrected chi connectivity index (χ1v) is 9.20. The number of piperidine rings is 1. The lowest BCUT2D eigenvalue weighted by Gasteiger charge is -2.25. The second-order valence-electron chi connectivity index (χ2n) is 4.86. The van der Waals surface area contributed by atoms with Gasteiger partial charge in [-0.05, 0) is 37.9 Å². The summed E-state index contributed by atoms with van der Waals surface area (Å²) in [6, 6.07) is 3.67. The molecule has 6 heteroatoms. The van der Waals surface area contributed by atoms with Crippen molar-refractivity contribution < 1.29 is 8.42 Å². The van der Waals surface area contributed by atoms with Crippen molar-refractivity contribution in [3.63, 3.8) is 0 Å². The van der Waals surface area contributed by atoms with Gasteiger partial charge in [0.05, 0.1) is 0 Å². The van der Waals surface area contributed by atoms with Gasteiger partial charge in [-0.15, -0.1) is 11.3 Å². The van der Waals surface area contributed by atoms with E-state index in [1.165, 1.54) is 11.3 Å². The van der Waals surface area contributed by atoms with Crippen LogP contribution in [0.1, 0.15) is 37.5 Å². The van der Waals surface area contributed by atoms with Crippen molar-refractivity contribution in [2.45, 2.75) is 43.4 Å². The van der Waals surface area contributed by atoms with Crippen LogP contribution in [0.15, 0.2) is 16.3 Å². The van der Waals surface area contributed by atoms with E-state index in [0.717, 1.165) is 43.6 Å². The molecule has 108 valence electrons. The topological polar surface area (TPSA) is 49.4 Å². The summed E-state index contributed by atoms with van der Waals surface area (Å²) in [4.78, 5) is 1.09. The maximum Gasteiger partial charge on any atom is 0.252 e. The second-order valence-corrected chi connectivity index (χ2v) is 8.20. The summed E-state index contributed by atoms with van der Waals surface area (Å²) in [5.74, 6) is 0. The van der Waals surface area contributed by atoms with Crippen LogP contribution in [0, 0.1) is 0 Å². The van der Waals surface area contributed by atoms with E-state index in [0.29, 0.717) is 17.3 Å². The highest BCUT2D eigenvalue weighted by Crippen LogP contribution is 2.26. The largest absolute Gasteiger partial charge is 0.312 e. The Kier molecular flexibility index (Phi) is 5.38. The van der Waals surface area contributed by atoms with Gasteiger partial charge < -0.3 is 5.32 Å². The van der Waals surface area contributed by atoms with Crippen LogP contribution in [-0.4, -0.2) is 32.4 Å². The molecule has 0 amide bonds. The molecule has 2 rings (SSSR count). The van der Waals surface area contributed by atoms with Crippen LogP contribution in [-0.2, 0) is 16.6 Å². The minimum atomic E-state index is -3.25. The number of rotatable bonds is 6. The van der Waals surface area contributed by atoms with Crippen LogP contribution < -0.4 is 5.32 Å². The molecular formula is C13H22N2O2S2. The first-order valence-electron chi connectivity index (χ1n) is 6.94. The van der Waals surface area contributed by atoms with Crippen LogP contribution in [0.25, 0.3) is 0 Å². The Balaban J connectivity index is 2.03. The molecule has 0 aromatic carbocycles. The molecule has 19 heavy (non-hydrogen) atoms. The van der Waals surface area contributed by atoms with Gasteiger partial charge in [0.2, 0.25) is 0 Å². The molecule has 4 nitrogen and oxygen atoms in total. The molecule has 0 spiro atoms. The molecule has 0 saturated carbocycles. The maximum atomic E-state index is 12.4. The third kappa shape index (κ3) is 3.78. The number of nitrogens with zero attached hydrogens (tertiary/aromatic N) is 1. The van der Waals surface area contributed by atoms with Crippen LogP contribution in [0.4, 0.5) is 0 Å². The normalized spacial score (nSPS) is 17.7. The van der Waals surface area contributed by atoms with Crippen LogP contribution in [0.3, 0.4) is 0 Å². The van der Waals surface area contributed by atoms with E-state index < -0.39 is 10.0 Å². The fourth-order valence-corrected chi connectivity index (χ4v) is 5.21. The summed E-state index contributed by atoms with van der Waals surface area (Å²) in [6.45, 7) is 5.18. The van der Waals surface area contributed by atoms with Crippen LogP contribution >= 0.6 is 11.3 Å². The van der Waals surface area contributed by atoms with Crippen LogP contribution in [0.5, 0.6) is 0 Å². The highest BCUT2D eigenvalue weighted by atomic mass is 32.2. The molecule has 1 N–H and O–H groups in total. The van der Waals surface area contributed by atoms with Crippen molar-refractivity contribution >= 4 is 21.4 Å².